The van der Waals surface area contributed by atoms with Crippen LogP contribution in [0.3, 0.4) is 0 Å². The maximum atomic E-state index is 11.3. The van der Waals surface area contributed by atoms with Gasteiger partial charge in [0.15, 0.2) is 0 Å². The molecule has 106 valence electrons. The molecule has 0 saturated heterocycles. The Hall–Kier alpha value is -1.26. The Morgan fingerprint density at radius 2 is 1.78 bits per heavy atom. The third kappa shape index (κ3) is 11.2. The Morgan fingerprint density at radius 3 is 2.28 bits per heavy atom. The molecule has 0 aliphatic rings. The number of carbonyl (C=O) groups is 2. The van der Waals surface area contributed by atoms with E-state index >= 15 is 0 Å². The number of carbonyl (C=O) groups excluding carboxylic acids is 2. The fourth-order valence-electron chi connectivity index (χ4n) is 1.31. The summed E-state index contributed by atoms with van der Waals surface area (Å²) < 4.78 is 5.09. The van der Waals surface area contributed by atoms with Crippen molar-refractivity contribution in [2.75, 3.05) is 6.54 Å². The topological polar surface area (TPSA) is 67.4 Å². The number of ether oxygens (including phenoxy) is 1. The highest BCUT2D eigenvalue weighted by Crippen LogP contribution is 2.06. The summed E-state index contributed by atoms with van der Waals surface area (Å²) in [4.78, 5) is 22.6. The van der Waals surface area contributed by atoms with Gasteiger partial charge < -0.3 is 15.4 Å². The number of rotatable bonds is 6. The Bertz CT molecular complexity index is 270. The van der Waals surface area contributed by atoms with Crippen LogP contribution >= 0.6 is 0 Å². The maximum absolute atomic E-state index is 11.3. The summed E-state index contributed by atoms with van der Waals surface area (Å²) in [6, 6.07) is 0.178. The molecule has 0 rings (SSSR count). The van der Waals surface area contributed by atoms with Crippen LogP contribution in [-0.4, -0.2) is 30.2 Å². The normalized spacial score (nSPS) is 11.2. The third-order valence-electron chi connectivity index (χ3n) is 1.95. The largest absolute Gasteiger partial charge is 0.444 e. The van der Waals surface area contributed by atoms with Crippen molar-refractivity contribution in [1.82, 2.24) is 10.6 Å². The van der Waals surface area contributed by atoms with Crippen molar-refractivity contribution < 1.29 is 14.3 Å². The predicted molar refractivity (Wildman–Crippen MR) is 71.4 cm³/mol. The lowest BCUT2D eigenvalue weighted by atomic mass is 10.2. The highest BCUT2D eigenvalue weighted by atomic mass is 16.6. The number of hydrogen-bond acceptors (Lipinski definition) is 3. The molecule has 5 nitrogen and oxygen atoms in total. The van der Waals surface area contributed by atoms with Crippen molar-refractivity contribution in [2.45, 2.75) is 65.5 Å². The summed E-state index contributed by atoms with van der Waals surface area (Å²) in [5.74, 6) is 0.0577. The van der Waals surface area contributed by atoms with E-state index in [4.69, 9.17) is 4.74 Å². The summed E-state index contributed by atoms with van der Waals surface area (Å²) >= 11 is 0. The van der Waals surface area contributed by atoms with Gasteiger partial charge in [0.1, 0.15) is 5.60 Å². The third-order valence-corrected chi connectivity index (χ3v) is 1.95. The fraction of sp³-hybridized carbons (Fsp3) is 0.846. The average molecular weight is 258 g/mol. The second-order valence-electron chi connectivity index (χ2n) is 5.61. The number of unbranched alkanes of at least 4 members (excludes halogenated alkanes) is 1. The summed E-state index contributed by atoms with van der Waals surface area (Å²) in [5, 5.41) is 5.48. The molecule has 0 aliphatic carbocycles. The van der Waals surface area contributed by atoms with Gasteiger partial charge in [-0.2, -0.15) is 0 Å². The minimum Gasteiger partial charge on any atom is -0.444 e. The van der Waals surface area contributed by atoms with E-state index in [0.29, 0.717) is 13.0 Å². The van der Waals surface area contributed by atoms with Crippen LogP contribution in [0.15, 0.2) is 0 Å². The lowest BCUT2D eigenvalue weighted by molar-refractivity contribution is -0.121. The minimum absolute atomic E-state index is 0.0577. The van der Waals surface area contributed by atoms with Gasteiger partial charge in [-0.3, -0.25) is 4.79 Å². The Morgan fingerprint density at radius 1 is 1.17 bits per heavy atom. The van der Waals surface area contributed by atoms with Crippen LogP contribution < -0.4 is 10.6 Å². The minimum atomic E-state index is -0.471. The first-order valence-corrected chi connectivity index (χ1v) is 6.47. The molecular formula is C13H26N2O3. The van der Waals surface area contributed by atoms with Crippen molar-refractivity contribution >= 4 is 12.0 Å². The van der Waals surface area contributed by atoms with Crippen molar-refractivity contribution in [3.8, 4) is 0 Å². The molecule has 0 aromatic rings. The number of hydrogen-bond donors (Lipinski definition) is 2. The molecule has 0 aromatic carbocycles. The molecule has 2 amide bonds. The van der Waals surface area contributed by atoms with E-state index in [2.05, 4.69) is 10.6 Å². The number of alkyl carbamates (subject to hydrolysis) is 1. The zero-order chi connectivity index (χ0) is 14.2. The number of amides is 2. The molecule has 0 unspecified atom stereocenters. The van der Waals surface area contributed by atoms with Crippen LogP contribution in [0.5, 0.6) is 0 Å². The van der Waals surface area contributed by atoms with E-state index in [0.717, 1.165) is 12.8 Å². The highest BCUT2D eigenvalue weighted by Gasteiger charge is 2.15. The second kappa shape index (κ2) is 7.95. The SMILES string of the molecule is CC(C)NC(=O)CCCCNC(=O)OC(C)(C)C. The first-order valence-electron chi connectivity index (χ1n) is 6.47. The zero-order valence-electron chi connectivity index (χ0n) is 12.1. The zero-order valence-corrected chi connectivity index (χ0v) is 12.1. The summed E-state index contributed by atoms with van der Waals surface area (Å²) in [6.07, 6.45) is 1.61. The molecular weight excluding hydrogens is 232 g/mol. The van der Waals surface area contributed by atoms with E-state index in [-0.39, 0.29) is 11.9 Å². The molecule has 0 atom stereocenters. The lowest BCUT2D eigenvalue weighted by Gasteiger charge is -2.19. The molecule has 2 N–H and O–H groups in total. The predicted octanol–water partition coefficient (Wildman–Crippen LogP) is 2.21. The molecule has 0 bridgehead atoms. The van der Waals surface area contributed by atoms with Crippen molar-refractivity contribution in [1.29, 1.82) is 0 Å². The van der Waals surface area contributed by atoms with Gasteiger partial charge in [0.05, 0.1) is 0 Å². The molecule has 0 radical (unpaired) electrons. The molecule has 18 heavy (non-hydrogen) atoms. The highest BCUT2D eigenvalue weighted by molar-refractivity contribution is 5.76. The lowest BCUT2D eigenvalue weighted by Crippen LogP contribution is -2.33. The van der Waals surface area contributed by atoms with Gasteiger partial charge in [-0.1, -0.05) is 0 Å². The van der Waals surface area contributed by atoms with Crippen LogP contribution in [0.25, 0.3) is 0 Å². The fourth-order valence-corrected chi connectivity index (χ4v) is 1.31. The van der Waals surface area contributed by atoms with E-state index in [1.54, 1.807) is 0 Å². The Labute approximate surface area is 110 Å². The quantitative estimate of drug-likeness (QED) is 0.718. The summed E-state index contributed by atoms with van der Waals surface area (Å²) in [6.45, 7) is 9.86. The van der Waals surface area contributed by atoms with Crippen molar-refractivity contribution in [3.63, 3.8) is 0 Å². The first-order chi connectivity index (χ1) is 8.20. The Balaban J connectivity index is 3.51. The molecule has 0 aromatic heterocycles. The van der Waals surface area contributed by atoms with Gasteiger partial charge in [-0.05, 0) is 47.5 Å². The average Bonchev–Trinajstić information content (AvgIpc) is 2.12. The second-order valence-corrected chi connectivity index (χ2v) is 5.61. The smallest absolute Gasteiger partial charge is 0.407 e. The Kier molecular flexibility index (Phi) is 7.39. The number of nitrogens with one attached hydrogen (secondary N) is 2. The van der Waals surface area contributed by atoms with Gasteiger partial charge in [0, 0.05) is 19.0 Å². The van der Waals surface area contributed by atoms with Crippen LogP contribution in [0.4, 0.5) is 4.79 Å². The molecule has 0 aliphatic heterocycles. The summed E-state index contributed by atoms with van der Waals surface area (Å²) in [7, 11) is 0. The van der Waals surface area contributed by atoms with Crippen LogP contribution in [0.2, 0.25) is 0 Å². The van der Waals surface area contributed by atoms with Crippen molar-refractivity contribution in [2.24, 2.45) is 0 Å². The van der Waals surface area contributed by atoms with E-state index in [1.807, 2.05) is 34.6 Å². The first kappa shape index (κ1) is 16.7. The molecule has 0 saturated carbocycles. The molecule has 0 heterocycles. The molecule has 5 heteroatoms. The van der Waals surface area contributed by atoms with Gasteiger partial charge in [-0.25, -0.2) is 4.79 Å². The standard InChI is InChI=1S/C13H26N2O3/c1-10(2)15-11(16)8-6-7-9-14-12(17)18-13(3,4)5/h10H,6-9H2,1-5H3,(H,14,17)(H,15,16). The van der Waals surface area contributed by atoms with Crippen LogP contribution in [0, 0.1) is 0 Å². The van der Waals surface area contributed by atoms with Gasteiger partial charge >= 0.3 is 6.09 Å². The van der Waals surface area contributed by atoms with Crippen molar-refractivity contribution in [3.05, 3.63) is 0 Å². The van der Waals surface area contributed by atoms with Crippen LogP contribution in [0.1, 0.15) is 53.9 Å². The molecule has 0 spiro atoms. The van der Waals surface area contributed by atoms with E-state index in [1.165, 1.54) is 0 Å². The monoisotopic (exact) mass is 258 g/mol. The maximum Gasteiger partial charge on any atom is 0.407 e. The van der Waals surface area contributed by atoms with E-state index < -0.39 is 11.7 Å². The molecule has 0 fully saturated rings. The van der Waals surface area contributed by atoms with Crippen LogP contribution in [-0.2, 0) is 9.53 Å². The van der Waals surface area contributed by atoms with Gasteiger partial charge in [0.2, 0.25) is 5.91 Å². The van der Waals surface area contributed by atoms with Gasteiger partial charge in [-0.15, -0.1) is 0 Å². The van der Waals surface area contributed by atoms with E-state index in [9.17, 15) is 9.59 Å². The summed E-state index contributed by atoms with van der Waals surface area (Å²) in [5.41, 5.74) is -0.471. The van der Waals surface area contributed by atoms with Gasteiger partial charge in [0.25, 0.3) is 0 Å².